The fraction of sp³-hybridized carbons (Fsp3) is 0.526. The summed E-state index contributed by atoms with van der Waals surface area (Å²) in [5.41, 5.74) is 1.17. The van der Waals surface area contributed by atoms with Gasteiger partial charge >= 0.3 is 12.2 Å². The molecule has 1 radical (unpaired) electrons. The van der Waals surface area contributed by atoms with E-state index >= 15 is 0 Å². The third-order valence-electron chi connectivity index (χ3n) is 4.21. The van der Waals surface area contributed by atoms with Crippen molar-refractivity contribution < 1.29 is 23.9 Å². The van der Waals surface area contributed by atoms with Crippen molar-refractivity contribution >= 4 is 58.3 Å². The molecular weight excluding hydrogens is 403 g/mol. The number of nitrogens with one attached hydrogen (secondary N) is 1. The number of aromatic nitrogens is 1. The first-order valence-corrected chi connectivity index (χ1v) is 10.2. The summed E-state index contributed by atoms with van der Waals surface area (Å²) in [4.78, 5) is 31.4. The maximum atomic E-state index is 12.3. The zero-order chi connectivity index (χ0) is 21.2. The van der Waals surface area contributed by atoms with Gasteiger partial charge in [0.1, 0.15) is 18.8 Å². The quantitative estimate of drug-likeness (QED) is 0.583. The molecule has 9 nitrogen and oxygen atoms in total. The van der Waals surface area contributed by atoms with Crippen molar-refractivity contribution in [2.75, 3.05) is 25.1 Å². The van der Waals surface area contributed by atoms with Gasteiger partial charge in [-0.2, -0.15) is 0 Å². The van der Waals surface area contributed by atoms with E-state index < -0.39 is 23.9 Å². The van der Waals surface area contributed by atoms with Crippen LogP contribution in [0.5, 0.6) is 0 Å². The average molecular weight is 429 g/mol. The fourth-order valence-corrected chi connectivity index (χ4v) is 4.14. The number of fused-ring (bicyclic) bond motifs is 1. The fourth-order valence-electron chi connectivity index (χ4n) is 3.03. The molecule has 0 bridgehead atoms. The Morgan fingerprint density at radius 3 is 2.77 bits per heavy atom. The van der Waals surface area contributed by atoms with Crippen LogP contribution in [0.15, 0.2) is 23.4 Å². The van der Waals surface area contributed by atoms with Crippen LogP contribution in [0.2, 0.25) is 0 Å². The normalized spacial score (nSPS) is 17.0. The monoisotopic (exact) mass is 429 g/mol. The number of ether oxygens (including phenoxy) is 2. The summed E-state index contributed by atoms with van der Waals surface area (Å²) in [7, 11) is 1.52. The summed E-state index contributed by atoms with van der Waals surface area (Å²) in [6.45, 7) is 8.69. The summed E-state index contributed by atoms with van der Waals surface area (Å²) in [6.07, 6.45) is -1.43. The Bertz CT molecular complexity index is 981. The number of nitrogens with zero attached hydrogens (tertiary/aromatic N) is 3. The van der Waals surface area contributed by atoms with Crippen molar-refractivity contribution in [3.05, 3.63) is 23.0 Å². The Labute approximate surface area is 191 Å². The Hall–Kier alpha value is -2.15. The molecule has 1 aromatic carbocycles. The molecule has 30 heavy (non-hydrogen) atoms. The van der Waals surface area contributed by atoms with Crippen LogP contribution in [0.3, 0.4) is 0 Å². The van der Waals surface area contributed by atoms with Crippen molar-refractivity contribution in [2.45, 2.75) is 45.9 Å². The van der Waals surface area contributed by atoms with Gasteiger partial charge in [-0.3, -0.25) is 4.90 Å². The predicted molar refractivity (Wildman–Crippen MR) is 116 cm³/mol. The number of alkyl carbamates (subject to hydrolysis) is 1. The van der Waals surface area contributed by atoms with Gasteiger partial charge in [-0.05, 0) is 45.9 Å². The molecule has 159 valence electrons. The van der Waals surface area contributed by atoms with E-state index in [1.165, 1.54) is 18.4 Å². The molecule has 1 aliphatic rings. The molecule has 2 aromatic rings. The van der Waals surface area contributed by atoms with E-state index in [0.29, 0.717) is 6.54 Å². The predicted octanol–water partition coefficient (Wildman–Crippen LogP) is 2.65. The minimum atomic E-state index is -0.581. The molecule has 2 amide bonds. The zero-order valence-electron chi connectivity index (χ0n) is 18.2. The van der Waals surface area contributed by atoms with Crippen molar-refractivity contribution in [1.82, 2.24) is 9.88 Å². The SMILES string of the molecule is CCn1c(=NOC)sc2cc(N3C[C@H](CNC(=O)OC(C)(C)C)OC3=O)ccc21.[Li]. The molecule has 1 atom stereocenters. The number of hydrogen-bond donors (Lipinski definition) is 1. The number of cyclic esters (lactones) is 1. The third kappa shape index (κ3) is 5.50. The van der Waals surface area contributed by atoms with Gasteiger partial charge in [0.05, 0.1) is 23.3 Å². The first-order valence-electron chi connectivity index (χ1n) is 9.37. The Morgan fingerprint density at radius 2 is 2.13 bits per heavy atom. The van der Waals surface area contributed by atoms with E-state index in [9.17, 15) is 9.59 Å². The second-order valence-corrected chi connectivity index (χ2v) is 8.56. The molecule has 0 aliphatic carbocycles. The number of aryl methyl sites for hydroxylation is 1. The summed E-state index contributed by atoms with van der Waals surface area (Å²) < 4.78 is 13.6. The van der Waals surface area contributed by atoms with Gasteiger partial charge in [0.2, 0.25) is 4.80 Å². The van der Waals surface area contributed by atoms with Crippen LogP contribution in [-0.2, 0) is 20.9 Å². The first kappa shape index (κ1) is 24.1. The van der Waals surface area contributed by atoms with Gasteiger partial charge in [-0.25, -0.2) is 9.59 Å². The van der Waals surface area contributed by atoms with Crippen LogP contribution in [0.25, 0.3) is 10.2 Å². The van der Waals surface area contributed by atoms with Gasteiger partial charge < -0.3 is 24.2 Å². The maximum absolute atomic E-state index is 12.3. The van der Waals surface area contributed by atoms with E-state index in [-0.39, 0.29) is 25.4 Å². The number of thiazole rings is 1. The number of rotatable bonds is 5. The van der Waals surface area contributed by atoms with Crippen molar-refractivity contribution in [2.24, 2.45) is 5.16 Å². The van der Waals surface area contributed by atoms with E-state index in [4.69, 9.17) is 14.3 Å². The van der Waals surface area contributed by atoms with Gasteiger partial charge in [0.15, 0.2) is 0 Å². The zero-order valence-corrected chi connectivity index (χ0v) is 19.0. The van der Waals surface area contributed by atoms with Crippen LogP contribution in [0.4, 0.5) is 15.3 Å². The van der Waals surface area contributed by atoms with Crippen LogP contribution < -0.4 is 15.0 Å². The minimum absolute atomic E-state index is 0. The summed E-state index contributed by atoms with van der Waals surface area (Å²) >= 11 is 1.49. The third-order valence-corrected chi connectivity index (χ3v) is 5.24. The molecule has 0 unspecified atom stereocenters. The van der Waals surface area contributed by atoms with Gasteiger partial charge in [0, 0.05) is 31.1 Å². The van der Waals surface area contributed by atoms with Gasteiger partial charge in [0.25, 0.3) is 0 Å². The summed E-state index contributed by atoms with van der Waals surface area (Å²) in [5, 5.41) is 6.70. The molecule has 0 saturated carbocycles. The Balaban J connectivity index is 0.00000320. The number of amides is 2. The molecule has 1 aromatic heterocycles. The van der Waals surface area contributed by atoms with Gasteiger partial charge in [-0.1, -0.05) is 16.5 Å². The van der Waals surface area contributed by atoms with Gasteiger partial charge in [-0.15, -0.1) is 0 Å². The van der Waals surface area contributed by atoms with Crippen LogP contribution in [-0.4, -0.2) is 67.5 Å². The molecule has 1 saturated heterocycles. The largest absolute Gasteiger partial charge is 0.444 e. The number of hydrogen-bond acceptors (Lipinski definition) is 7. The topological polar surface area (TPSA) is 94.4 Å². The first-order chi connectivity index (χ1) is 13.7. The molecule has 1 N–H and O–H groups in total. The van der Waals surface area contributed by atoms with E-state index in [0.717, 1.165) is 27.3 Å². The molecule has 0 spiro atoms. The molecule has 11 heteroatoms. The van der Waals surface area contributed by atoms with Crippen molar-refractivity contribution in [3.8, 4) is 0 Å². The molecular formula is C19H26LiN4O5S. The molecule has 1 fully saturated rings. The number of benzene rings is 1. The van der Waals surface area contributed by atoms with Crippen molar-refractivity contribution in [1.29, 1.82) is 0 Å². The summed E-state index contributed by atoms with van der Waals surface area (Å²) in [5.74, 6) is 0. The number of carbonyl (C=O) groups is 2. The van der Waals surface area contributed by atoms with Crippen molar-refractivity contribution in [3.63, 3.8) is 0 Å². The minimum Gasteiger partial charge on any atom is -0.444 e. The van der Waals surface area contributed by atoms with E-state index in [1.807, 2.05) is 29.7 Å². The molecule has 2 heterocycles. The molecule has 1 aliphatic heterocycles. The van der Waals surface area contributed by atoms with E-state index in [2.05, 4.69) is 10.5 Å². The van der Waals surface area contributed by atoms with Crippen LogP contribution in [0.1, 0.15) is 27.7 Å². The molecule has 3 rings (SSSR count). The Kier molecular flexibility index (Phi) is 7.85. The summed E-state index contributed by atoms with van der Waals surface area (Å²) in [6, 6.07) is 5.77. The second-order valence-electron chi connectivity index (χ2n) is 7.55. The average Bonchev–Trinajstić information content (AvgIpc) is 3.17. The second kappa shape index (κ2) is 9.77. The Morgan fingerprint density at radius 1 is 1.40 bits per heavy atom. The van der Waals surface area contributed by atoms with E-state index in [1.54, 1.807) is 25.7 Å². The number of anilines is 1. The van der Waals surface area contributed by atoms with Crippen LogP contribution >= 0.6 is 11.3 Å². The van der Waals surface area contributed by atoms with Crippen LogP contribution in [0, 0.1) is 0 Å². The smallest absolute Gasteiger partial charge is 0.414 e. The standard InChI is InChI=1S/C19H26N4O5S.Li/c1-6-22-14-8-7-12(9-15(14)29-16(22)21-26-5)23-11-13(27-18(23)25)10-20-17(24)28-19(2,3)4;/h7-9,13H,6,10-11H2,1-5H3,(H,20,24);/t13-;/m0./s1. The maximum Gasteiger partial charge on any atom is 0.414 e. The number of carbonyl (C=O) groups excluding carboxylic acids is 2.